The number of hydrogen-bond acceptors (Lipinski definition) is 3. The van der Waals surface area contributed by atoms with Gasteiger partial charge in [-0.3, -0.25) is 4.79 Å². The standard InChI is InChI=1S/C18H24BrN3O3/c1-12-10-14(19)11-13(2)16(12)20-18(24)22-7-5-21(6-8-22)17(23)15-4-3-9-25-15/h10-11,15H,3-9H2,1-2H3,(H,20,24). The van der Waals surface area contributed by atoms with Gasteiger partial charge in [-0.1, -0.05) is 15.9 Å². The molecule has 1 unspecified atom stereocenters. The number of aryl methyl sites for hydroxylation is 2. The lowest BCUT2D eigenvalue weighted by Gasteiger charge is -2.35. The molecular formula is C18H24BrN3O3. The van der Waals surface area contributed by atoms with Gasteiger partial charge in [-0.2, -0.15) is 0 Å². The Kier molecular flexibility index (Phi) is 5.64. The average molecular weight is 410 g/mol. The molecule has 0 bridgehead atoms. The van der Waals surface area contributed by atoms with Crippen molar-refractivity contribution in [2.75, 3.05) is 38.1 Å². The molecule has 1 atom stereocenters. The van der Waals surface area contributed by atoms with E-state index in [9.17, 15) is 9.59 Å². The third-order valence-electron chi connectivity index (χ3n) is 4.81. The molecule has 3 amide bonds. The molecule has 6 nitrogen and oxygen atoms in total. The molecule has 2 saturated heterocycles. The first kappa shape index (κ1) is 18.2. The number of carbonyl (C=O) groups is 2. The molecule has 0 spiro atoms. The van der Waals surface area contributed by atoms with Gasteiger partial charge in [0.2, 0.25) is 0 Å². The molecule has 2 aliphatic heterocycles. The number of piperazine rings is 1. The Morgan fingerprint density at radius 3 is 2.28 bits per heavy atom. The van der Waals surface area contributed by atoms with E-state index in [0.717, 1.165) is 34.1 Å². The number of benzene rings is 1. The maximum Gasteiger partial charge on any atom is 0.321 e. The van der Waals surface area contributed by atoms with Gasteiger partial charge in [0.1, 0.15) is 6.10 Å². The molecule has 0 saturated carbocycles. The first-order chi connectivity index (χ1) is 12.0. The molecule has 136 valence electrons. The Hall–Kier alpha value is -1.60. The number of anilines is 1. The summed E-state index contributed by atoms with van der Waals surface area (Å²) in [6.45, 7) is 6.83. The van der Waals surface area contributed by atoms with E-state index in [1.165, 1.54) is 0 Å². The predicted molar refractivity (Wildman–Crippen MR) is 99.8 cm³/mol. The van der Waals surface area contributed by atoms with Crippen molar-refractivity contribution in [3.05, 3.63) is 27.7 Å². The van der Waals surface area contributed by atoms with Crippen molar-refractivity contribution in [3.63, 3.8) is 0 Å². The zero-order chi connectivity index (χ0) is 18.0. The monoisotopic (exact) mass is 409 g/mol. The number of nitrogens with zero attached hydrogens (tertiary/aromatic N) is 2. The molecule has 3 rings (SSSR count). The Bertz CT molecular complexity index is 643. The van der Waals surface area contributed by atoms with Crippen molar-refractivity contribution in [3.8, 4) is 0 Å². The predicted octanol–water partition coefficient (Wildman–Crippen LogP) is 2.92. The van der Waals surface area contributed by atoms with Crippen molar-refractivity contribution in [1.29, 1.82) is 0 Å². The highest BCUT2D eigenvalue weighted by Crippen LogP contribution is 2.25. The Balaban J connectivity index is 1.56. The lowest BCUT2D eigenvalue weighted by Crippen LogP contribution is -2.53. The number of nitrogens with one attached hydrogen (secondary N) is 1. The van der Waals surface area contributed by atoms with Gasteiger partial charge in [0.25, 0.3) is 5.91 Å². The van der Waals surface area contributed by atoms with Gasteiger partial charge in [-0.25, -0.2) is 4.79 Å². The van der Waals surface area contributed by atoms with Crippen LogP contribution in [0.25, 0.3) is 0 Å². The van der Waals surface area contributed by atoms with Crippen molar-refractivity contribution >= 4 is 33.6 Å². The van der Waals surface area contributed by atoms with Crippen LogP contribution in [-0.4, -0.2) is 60.6 Å². The van der Waals surface area contributed by atoms with E-state index in [0.29, 0.717) is 32.8 Å². The maximum absolute atomic E-state index is 12.6. The number of hydrogen-bond donors (Lipinski definition) is 1. The van der Waals surface area contributed by atoms with Crippen molar-refractivity contribution in [2.45, 2.75) is 32.8 Å². The summed E-state index contributed by atoms with van der Waals surface area (Å²) in [5.41, 5.74) is 2.89. The van der Waals surface area contributed by atoms with Crippen molar-refractivity contribution in [2.24, 2.45) is 0 Å². The van der Waals surface area contributed by atoms with Gasteiger partial charge in [0, 0.05) is 42.9 Å². The SMILES string of the molecule is Cc1cc(Br)cc(C)c1NC(=O)N1CCN(C(=O)C2CCCO2)CC1. The summed E-state index contributed by atoms with van der Waals surface area (Å²) in [5.74, 6) is 0.0668. The summed E-state index contributed by atoms with van der Waals surface area (Å²) < 4.78 is 6.47. The van der Waals surface area contributed by atoms with E-state index in [4.69, 9.17) is 4.74 Å². The van der Waals surface area contributed by atoms with Crippen LogP contribution >= 0.6 is 15.9 Å². The van der Waals surface area contributed by atoms with E-state index in [1.807, 2.05) is 30.9 Å². The summed E-state index contributed by atoms with van der Waals surface area (Å²) >= 11 is 3.47. The minimum Gasteiger partial charge on any atom is -0.368 e. The second kappa shape index (κ2) is 7.74. The molecular weight excluding hydrogens is 386 g/mol. The van der Waals surface area contributed by atoms with Crippen LogP contribution in [0.5, 0.6) is 0 Å². The van der Waals surface area contributed by atoms with Crippen LogP contribution < -0.4 is 5.32 Å². The average Bonchev–Trinajstić information content (AvgIpc) is 3.12. The van der Waals surface area contributed by atoms with Crippen molar-refractivity contribution < 1.29 is 14.3 Å². The highest BCUT2D eigenvalue weighted by atomic mass is 79.9. The van der Waals surface area contributed by atoms with Gasteiger partial charge in [-0.05, 0) is 49.9 Å². The zero-order valence-corrected chi connectivity index (χ0v) is 16.3. The largest absolute Gasteiger partial charge is 0.368 e. The first-order valence-corrected chi connectivity index (χ1v) is 9.48. The molecule has 1 aromatic carbocycles. The number of rotatable bonds is 2. The molecule has 7 heteroatoms. The highest BCUT2D eigenvalue weighted by molar-refractivity contribution is 9.10. The van der Waals surface area contributed by atoms with Gasteiger partial charge in [0.15, 0.2) is 0 Å². The summed E-state index contributed by atoms with van der Waals surface area (Å²) in [6, 6.07) is 3.86. The molecule has 2 heterocycles. The number of halogens is 1. The van der Waals surface area contributed by atoms with E-state index in [1.54, 1.807) is 4.90 Å². The lowest BCUT2D eigenvalue weighted by atomic mass is 10.1. The quantitative estimate of drug-likeness (QED) is 0.816. The summed E-state index contributed by atoms with van der Waals surface area (Å²) in [7, 11) is 0. The van der Waals surface area contributed by atoms with Crippen LogP contribution in [-0.2, 0) is 9.53 Å². The first-order valence-electron chi connectivity index (χ1n) is 8.69. The third-order valence-corrected chi connectivity index (χ3v) is 5.27. The van der Waals surface area contributed by atoms with Crippen molar-refractivity contribution in [1.82, 2.24) is 9.80 Å². The van der Waals surface area contributed by atoms with Gasteiger partial charge in [0.05, 0.1) is 0 Å². The fourth-order valence-corrected chi connectivity index (χ4v) is 4.09. The van der Waals surface area contributed by atoms with Crippen LogP contribution in [0.2, 0.25) is 0 Å². The Morgan fingerprint density at radius 2 is 1.72 bits per heavy atom. The number of amides is 3. The third kappa shape index (κ3) is 4.15. The smallest absolute Gasteiger partial charge is 0.321 e. The van der Waals surface area contributed by atoms with Crippen LogP contribution in [0, 0.1) is 13.8 Å². The molecule has 2 aliphatic rings. The van der Waals surface area contributed by atoms with Crippen LogP contribution in [0.15, 0.2) is 16.6 Å². The fraction of sp³-hybridized carbons (Fsp3) is 0.556. The molecule has 2 fully saturated rings. The molecule has 1 N–H and O–H groups in total. The summed E-state index contributed by atoms with van der Waals surface area (Å²) in [4.78, 5) is 28.5. The van der Waals surface area contributed by atoms with Crippen LogP contribution in [0.4, 0.5) is 10.5 Å². The molecule has 25 heavy (non-hydrogen) atoms. The van der Waals surface area contributed by atoms with E-state index in [2.05, 4.69) is 21.2 Å². The number of carbonyl (C=O) groups excluding carboxylic acids is 2. The van der Waals surface area contributed by atoms with Gasteiger partial charge >= 0.3 is 6.03 Å². The minimum absolute atomic E-state index is 0.0668. The summed E-state index contributed by atoms with van der Waals surface area (Å²) in [6.07, 6.45) is 1.47. The highest BCUT2D eigenvalue weighted by Gasteiger charge is 2.31. The number of ether oxygens (including phenoxy) is 1. The summed E-state index contributed by atoms with van der Waals surface area (Å²) in [5, 5.41) is 3.01. The van der Waals surface area contributed by atoms with Gasteiger partial charge in [-0.15, -0.1) is 0 Å². The zero-order valence-electron chi connectivity index (χ0n) is 14.7. The Labute approximate surface area is 156 Å². The normalized spacial score (nSPS) is 20.7. The molecule has 1 aromatic rings. The van der Waals surface area contributed by atoms with Crippen LogP contribution in [0.3, 0.4) is 0 Å². The molecule has 0 radical (unpaired) electrons. The van der Waals surface area contributed by atoms with E-state index in [-0.39, 0.29) is 18.0 Å². The molecule has 0 aliphatic carbocycles. The lowest BCUT2D eigenvalue weighted by molar-refractivity contribution is -0.142. The minimum atomic E-state index is -0.284. The van der Waals surface area contributed by atoms with Gasteiger partial charge < -0.3 is 19.9 Å². The Morgan fingerprint density at radius 1 is 1.12 bits per heavy atom. The second-order valence-electron chi connectivity index (χ2n) is 6.66. The topological polar surface area (TPSA) is 61.9 Å². The molecule has 0 aromatic heterocycles. The van der Waals surface area contributed by atoms with Crippen LogP contribution in [0.1, 0.15) is 24.0 Å². The van der Waals surface area contributed by atoms with E-state index >= 15 is 0 Å². The number of urea groups is 1. The fourth-order valence-electron chi connectivity index (χ4n) is 3.40. The second-order valence-corrected chi connectivity index (χ2v) is 7.57. The maximum atomic E-state index is 12.6. The van der Waals surface area contributed by atoms with E-state index < -0.39 is 0 Å².